The summed E-state index contributed by atoms with van der Waals surface area (Å²) in [4.78, 5) is 51.6. The van der Waals surface area contributed by atoms with Crippen LogP contribution in [0.1, 0.15) is 173 Å². The molecule has 14 heterocycles. The molecule has 4 saturated heterocycles. The van der Waals surface area contributed by atoms with Gasteiger partial charge in [0.05, 0.1) is 88.5 Å². The van der Waals surface area contributed by atoms with Gasteiger partial charge in [-0.3, -0.25) is 30.2 Å². The molecule has 0 amide bonds. The van der Waals surface area contributed by atoms with Crippen molar-refractivity contribution in [2.24, 2.45) is 0 Å². The number of piperazine rings is 2. The maximum atomic E-state index is 15.0. The van der Waals surface area contributed by atoms with Crippen LogP contribution in [0.15, 0.2) is 36.4 Å². The third kappa shape index (κ3) is 12.4. The number of carbonyl (C=O) groups is 3. The van der Waals surface area contributed by atoms with Gasteiger partial charge in [0, 0.05) is 93.3 Å². The summed E-state index contributed by atoms with van der Waals surface area (Å²) in [6.07, 6.45) is 1.31. The molecule has 14 aliphatic rings. The quantitative estimate of drug-likeness (QED) is 0.0510. The summed E-state index contributed by atoms with van der Waals surface area (Å²) < 4.78 is 85.1. The Bertz CT molecular complexity index is 5140. The Balaban J connectivity index is 0.000000181. The zero-order valence-corrected chi connectivity index (χ0v) is 68.7. The third-order valence-electron chi connectivity index (χ3n) is 25.5. The van der Waals surface area contributed by atoms with E-state index >= 15 is 4.79 Å². The second kappa shape index (κ2) is 30.9. The number of phenolic OH excluding ortho intramolecular Hbond substituents is 3. The average molecular weight is 1650 g/mol. The van der Waals surface area contributed by atoms with Crippen LogP contribution < -0.4 is 62.7 Å². The molecule has 4 fully saturated rings. The van der Waals surface area contributed by atoms with E-state index in [1.807, 2.05) is 55.6 Å². The number of benzene rings is 6. The van der Waals surface area contributed by atoms with Gasteiger partial charge in [-0.1, -0.05) is 27.0 Å². The molecule has 28 nitrogen and oxygen atoms in total. The molecule has 8 bridgehead atoms. The van der Waals surface area contributed by atoms with Gasteiger partial charge >= 0.3 is 18.1 Å². The van der Waals surface area contributed by atoms with Gasteiger partial charge in [-0.15, -0.1) is 23.5 Å². The predicted octanol–water partition coefficient (Wildman–Crippen LogP) is 11.8. The number of thioether (sulfide) groups is 2. The highest BCUT2D eigenvalue weighted by molar-refractivity contribution is 7.99. The van der Waals surface area contributed by atoms with Crippen molar-refractivity contribution in [1.82, 2.24) is 30.2 Å². The fraction of sp³-hybridized carbons (Fsp3) is 0.529. The predicted molar refractivity (Wildman–Crippen MR) is 434 cm³/mol. The van der Waals surface area contributed by atoms with Gasteiger partial charge in [-0.05, 0) is 171 Å². The Hall–Kier alpha value is -9.63. The zero-order chi connectivity index (χ0) is 81.1. The third-order valence-corrected chi connectivity index (χ3v) is 28.5. The number of ether oxygens (including phenoxy) is 14. The molecule has 0 saturated carbocycles. The molecule has 2 spiro atoms. The van der Waals surface area contributed by atoms with Crippen molar-refractivity contribution >= 4 is 41.6 Å². The number of hydrogen-bond acceptors (Lipinski definition) is 30. The Morgan fingerprint density at radius 2 is 0.991 bits per heavy atom. The molecule has 14 atom stereocenters. The molecular formula is C87H104N8O20S2. The van der Waals surface area contributed by atoms with Crippen molar-refractivity contribution < 1.29 is 96.0 Å². The highest BCUT2D eigenvalue weighted by atomic mass is 32.2. The summed E-state index contributed by atoms with van der Waals surface area (Å²) in [5, 5.41) is 63.6. The van der Waals surface area contributed by atoms with Crippen LogP contribution in [-0.4, -0.2) is 202 Å². The second-order valence-electron chi connectivity index (χ2n) is 32.4. The summed E-state index contributed by atoms with van der Waals surface area (Å²) in [6.45, 7) is 18.4. The molecule has 14 aliphatic heterocycles. The first-order chi connectivity index (χ1) is 55.3. The number of likely N-dealkylation sites (N-methyl/N-ethyl adjacent to an activating group) is 2. The molecule has 2 unspecified atom stereocenters. The molecular weight excluding hydrogens is 1540 g/mol. The van der Waals surface area contributed by atoms with Crippen LogP contribution in [0.25, 0.3) is 0 Å². The monoisotopic (exact) mass is 1640 g/mol. The highest BCUT2D eigenvalue weighted by Crippen LogP contribution is 2.68. The summed E-state index contributed by atoms with van der Waals surface area (Å²) in [5.41, 5.74) is 9.61. The van der Waals surface area contributed by atoms with Crippen LogP contribution in [0.3, 0.4) is 0 Å². The van der Waals surface area contributed by atoms with Crippen LogP contribution in [0.5, 0.6) is 80.5 Å². The van der Waals surface area contributed by atoms with E-state index in [9.17, 15) is 35.4 Å². The minimum Gasteiger partial charge on any atom is -0.504 e. The first-order valence-corrected chi connectivity index (χ1v) is 41.2. The number of phenols is 3. The van der Waals surface area contributed by atoms with Gasteiger partial charge in [-0.25, -0.2) is 14.4 Å². The Labute approximate surface area is 690 Å². The van der Waals surface area contributed by atoms with Gasteiger partial charge in [0.1, 0.15) is 42.4 Å². The van der Waals surface area contributed by atoms with E-state index in [2.05, 4.69) is 54.5 Å². The van der Waals surface area contributed by atoms with Gasteiger partial charge < -0.3 is 81.6 Å². The van der Waals surface area contributed by atoms with E-state index in [-0.39, 0.29) is 106 Å². The topological polar surface area (TPSA) is 326 Å². The zero-order valence-electron chi connectivity index (χ0n) is 67.1. The molecule has 0 aliphatic carbocycles. The summed E-state index contributed by atoms with van der Waals surface area (Å²) in [6, 6.07) is 11.7. The summed E-state index contributed by atoms with van der Waals surface area (Å²) in [5.74, 6) is 4.81. The lowest BCUT2D eigenvalue weighted by atomic mass is 9.71. The van der Waals surface area contributed by atoms with Crippen molar-refractivity contribution in [3.05, 3.63) is 125 Å². The number of hydrogen-bond donors (Lipinski definition) is 5. The Morgan fingerprint density at radius 1 is 0.564 bits per heavy atom. The van der Waals surface area contributed by atoms with E-state index in [4.69, 9.17) is 66.3 Å². The van der Waals surface area contributed by atoms with Crippen LogP contribution in [-0.2, 0) is 60.6 Å². The van der Waals surface area contributed by atoms with E-state index in [1.165, 1.54) is 14.2 Å². The molecule has 5 N–H and O–H groups in total. The maximum absolute atomic E-state index is 15.0. The van der Waals surface area contributed by atoms with Crippen molar-refractivity contribution in [2.45, 2.75) is 190 Å². The molecule has 20 rings (SSSR count). The largest absolute Gasteiger partial charge is 0.514 e. The van der Waals surface area contributed by atoms with Gasteiger partial charge in [0.25, 0.3) is 0 Å². The number of fused-ring (bicyclic) bond motifs is 18. The number of esters is 2. The minimum atomic E-state index is -1.37. The van der Waals surface area contributed by atoms with Crippen molar-refractivity contribution in [1.29, 1.82) is 10.5 Å². The first kappa shape index (κ1) is 82.5. The smallest absolute Gasteiger partial charge is 0.504 e. The minimum absolute atomic E-state index is 0. The SMILES string of the molecule is C.C.CCOc1c(C)c2c(c3c1[C@H]1SC[C@]4(NCCc5cc(O)c(OC)cc54)C(=O)OC[C@@H]3N3C1[C@H]1c4c(cc(C)c(OC)c4O)C[C@@H]([C@@H]3C#N)N1C)OCO2.CCOc1c(C)c2c(c3c1[C@H]1SC[C@]4(NCCc5cc(OC(=O)OC(C)(C)C)c(OC)cc54)C(=O)OC[C@@H]3N3C1[C@H]1c4c(cc(C)c(OC)c4O)C[C@@H]([C@@H]3C#N)N1C)OCO2. The number of rotatable bonds is 9. The molecule has 30 heteroatoms. The van der Waals surface area contributed by atoms with Crippen LogP contribution in [0.2, 0.25) is 0 Å². The van der Waals surface area contributed by atoms with Gasteiger partial charge in [0.15, 0.2) is 80.1 Å². The molecule has 6 aromatic carbocycles. The van der Waals surface area contributed by atoms with Crippen molar-refractivity contribution in [2.75, 3.05) is 107 Å². The first-order valence-electron chi connectivity index (χ1n) is 39.1. The fourth-order valence-electron chi connectivity index (χ4n) is 20.9. The number of aryl methyl sites for hydroxylation is 2. The second-order valence-corrected chi connectivity index (χ2v) is 34.7. The van der Waals surface area contributed by atoms with E-state index in [0.717, 1.165) is 77.9 Å². The fourth-order valence-corrected chi connectivity index (χ4v) is 24.3. The number of nitriles is 2. The lowest BCUT2D eigenvalue weighted by Gasteiger charge is -2.62. The summed E-state index contributed by atoms with van der Waals surface area (Å²) >= 11 is 3.15. The molecule has 624 valence electrons. The number of carbonyl (C=O) groups excluding carboxylic acids is 3. The lowest BCUT2D eigenvalue weighted by Crippen LogP contribution is -2.69. The number of nitrogens with zero attached hydrogens (tertiary/aromatic N) is 6. The van der Waals surface area contributed by atoms with Crippen molar-refractivity contribution in [3.8, 4) is 92.6 Å². The standard InChI is InChI=1S/C45H52N4O11S.C40H44N4O9S.2CH4/c1-10-55-38-22(3)39-40(58-20-57-39)32-28-18-56-42(51)45(25-16-29(53-8)30(15-23(25)11-12-47-45)59-43(52)60-44(4,5)6)19-61-41(33(32)38)35-34-31-24(13-21(2)37(54-9)36(31)50)14-26(48(34)7)27(17-46)49(28)35;1-7-50-35-19(3)36-37(53-17-52-36)29-25-15-51-39(47)40(22-13-27(48-5)26(45)12-20(22)8-9-42-40)16-54-38(30(29)35)32-31-28-21(10-18(2)34(49-6)33(28)46)11-23(43(31)4)24(14-41)44(25)32;;/h13,15-16,26-28,34-35,41,47,50H,10-12,14,18-20H2,1-9H3;10,12-13,23-25,31-32,38,42,45-46H,7-9,11,15-17H2,1-6H3;2*1H4/t26-,27-,28-,34+,35?,41+,45+;23-,24-,25-,31+,32?,38+,40+;;/m00../s1. The van der Waals surface area contributed by atoms with Crippen LogP contribution in [0.4, 0.5) is 4.79 Å². The molecule has 117 heavy (non-hydrogen) atoms. The Morgan fingerprint density at radius 3 is 1.40 bits per heavy atom. The average Bonchev–Trinajstić information content (AvgIpc) is 1.50. The number of methoxy groups -OCH3 is 4. The molecule has 6 aromatic rings. The number of nitrogens with one attached hydrogen (secondary N) is 2. The lowest BCUT2D eigenvalue weighted by molar-refractivity contribution is -0.158. The Kier molecular flexibility index (Phi) is 21.8. The van der Waals surface area contributed by atoms with Gasteiger partial charge in [0.2, 0.25) is 13.6 Å². The maximum Gasteiger partial charge on any atom is 0.514 e. The van der Waals surface area contributed by atoms with Gasteiger partial charge in [-0.2, -0.15) is 10.5 Å². The van der Waals surface area contributed by atoms with Crippen LogP contribution in [0, 0.1) is 50.4 Å². The molecule has 0 aromatic heterocycles. The van der Waals surface area contributed by atoms with E-state index in [0.29, 0.717) is 109 Å². The highest BCUT2D eigenvalue weighted by Gasteiger charge is 2.65. The van der Waals surface area contributed by atoms with Crippen molar-refractivity contribution in [3.63, 3.8) is 0 Å². The van der Waals surface area contributed by atoms with E-state index < -0.39 is 87.6 Å². The summed E-state index contributed by atoms with van der Waals surface area (Å²) in [7, 11) is 10.2. The van der Waals surface area contributed by atoms with E-state index in [1.54, 1.807) is 82.8 Å². The molecule has 0 radical (unpaired) electrons. The van der Waals surface area contributed by atoms with Crippen LogP contribution >= 0.6 is 23.5 Å². The number of aromatic hydroxyl groups is 3. The normalized spacial score (nSPS) is 27.8.